The van der Waals surface area contributed by atoms with Gasteiger partial charge in [-0.2, -0.15) is 5.26 Å². The highest BCUT2D eigenvalue weighted by Crippen LogP contribution is 2.45. The molecule has 0 radical (unpaired) electrons. The standard InChI is InChI=1S/C25H29FN4O3S2/c1-16-28-22(20-7-4-18(26)14-21(20)24(31)29-25(15-27)8-9-25)23(34-16)17-2-5-19(6-3-17)30-10-12-35(32,33)13-11-30/h2-3,5-6,18,20-21H,4,7-14H2,1H3,(H,29,31)/t18-,20+,21+/m0/s1. The molecule has 186 valence electrons. The van der Waals surface area contributed by atoms with Gasteiger partial charge in [0.2, 0.25) is 5.91 Å². The fraction of sp³-hybridized carbons (Fsp3) is 0.560. The predicted molar refractivity (Wildman–Crippen MR) is 134 cm³/mol. The van der Waals surface area contributed by atoms with Crippen molar-refractivity contribution < 1.29 is 17.6 Å². The summed E-state index contributed by atoms with van der Waals surface area (Å²) in [6.45, 7) is 2.91. The summed E-state index contributed by atoms with van der Waals surface area (Å²) in [6.07, 6.45) is 1.32. The van der Waals surface area contributed by atoms with E-state index in [9.17, 15) is 22.9 Å². The van der Waals surface area contributed by atoms with E-state index in [2.05, 4.69) is 16.3 Å². The Labute approximate surface area is 209 Å². The summed E-state index contributed by atoms with van der Waals surface area (Å²) in [7, 11) is -2.94. The number of rotatable bonds is 5. The molecule has 3 atom stereocenters. The third-order valence-corrected chi connectivity index (χ3v) is 10.0. The first kappa shape index (κ1) is 24.2. The highest BCUT2D eigenvalue weighted by Gasteiger charge is 2.48. The van der Waals surface area contributed by atoms with Gasteiger partial charge in [-0.3, -0.25) is 4.79 Å². The molecule has 1 aromatic carbocycles. The summed E-state index contributed by atoms with van der Waals surface area (Å²) in [5, 5.41) is 13.2. The smallest absolute Gasteiger partial charge is 0.225 e. The van der Waals surface area contributed by atoms with Gasteiger partial charge in [0, 0.05) is 30.6 Å². The van der Waals surface area contributed by atoms with Crippen molar-refractivity contribution in [3.8, 4) is 16.5 Å². The Morgan fingerprint density at radius 1 is 1.23 bits per heavy atom. The fourth-order valence-electron chi connectivity index (χ4n) is 5.15. The Hall–Kier alpha value is -2.51. The van der Waals surface area contributed by atoms with Gasteiger partial charge in [-0.1, -0.05) is 12.1 Å². The van der Waals surface area contributed by atoms with Gasteiger partial charge in [0.25, 0.3) is 0 Å². The van der Waals surface area contributed by atoms with Crippen LogP contribution in [0.25, 0.3) is 10.4 Å². The molecule has 0 bridgehead atoms. The summed E-state index contributed by atoms with van der Waals surface area (Å²) in [6, 6.07) is 10.2. The van der Waals surface area contributed by atoms with Gasteiger partial charge in [-0.25, -0.2) is 17.8 Å². The molecule has 2 aliphatic carbocycles. The van der Waals surface area contributed by atoms with Gasteiger partial charge in [-0.05, 0) is 56.7 Å². The number of carbonyl (C=O) groups excluding carboxylic acids is 1. The number of nitrogens with one attached hydrogen (secondary N) is 1. The average Bonchev–Trinajstić information content (AvgIpc) is 3.51. The van der Waals surface area contributed by atoms with E-state index in [1.165, 1.54) is 0 Å². The first-order valence-electron chi connectivity index (χ1n) is 12.1. The molecule has 35 heavy (non-hydrogen) atoms. The van der Waals surface area contributed by atoms with Gasteiger partial charge < -0.3 is 10.2 Å². The van der Waals surface area contributed by atoms with E-state index in [1.54, 1.807) is 11.3 Å². The number of halogens is 1. The van der Waals surface area contributed by atoms with E-state index in [0.29, 0.717) is 38.8 Å². The molecule has 7 nitrogen and oxygen atoms in total. The van der Waals surface area contributed by atoms with E-state index in [0.717, 1.165) is 26.8 Å². The summed E-state index contributed by atoms with van der Waals surface area (Å²) < 4.78 is 37.9. The monoisotopic (exact) mass is 516 g/mol. The zero-order valence-electron chi connectivity index (χ0n) is 19.7. The number of carbonyl (C=O) groups is 1. The third-order valence-electron chi connectivity index (χ3n) is 7.40. The number of hydrogen-bond acceptors (Lipinski definition) is 7. The average molecular weight is 517 g/mol. The zero-order valence-corrected chi connectivity index (χ0v) is 21.3. The number of alkyl halides is 1. The molecule has 1 amide bonds. The minimum atomic E-state index is -2.94. The lowest BCUT2D eigenvalue weighted by atomic mass is 9.75. The van der Waals surface area contributed by atoms with E-state index in [1.807, 2.05) is 31.2 Å². The molecule has 0 unspecified atom stereocenters. The molecule has 2 saturated carbocycles. The van der Waals surface area contributed by atoms with Crippen LogP contribution in [0.5, 0.6) is 0 Å². The Balaban J connectivity index is 1.40. The van der Waals surface area contributed by atoms with Crippen LogP contribution in [0.3, 0.4) is 0 Å². The summed E-state index contributed by atoms with van der Waals surface area (Å²) in [4.78, 5) is 21.0. The number of amides is 1. The van der Waals surface area contributed by atoms with Crippen molar-refractivity contribution in [2.75, 3.05) is 29.5 Å². The number of anilines is 1. The zero-order chi connectivity index (χ0) is 24.8. The predicted octanol–water partition coefficient (Wildman–Crippen LogP) is 3.75. The number of nitriles is 1. The number of aryl methyl sites for hydroxylation is 1. The number of thiazole rings is 1. The maximum Gasteiger partial charge on any atom is 0.225 e. The van der Waals surface area contributed by atoms with Crippen molar-refractivity contribution in [2.24, 2.45) is 5.92 Å². The Morgan fingerprint density at radius 2 is 1.91 bits per heavy atom. The van der Waals surface area contributed by atoms with Gasteiger partial charge in [0.1, 0.15) is 11.7 Å². The molecule has 2 heterocycles. The minimum Gasteiger partial charge on any atom is -0.369 e. The van der Waals surface area contributed by atoms with Crippen LogP contribution in [0.1, 0.15) is 48.7 Å². The van der Waals surface area contributed by atoms with Crippen LogP contribution in [0.4, 0.5) is 10.1 Å². The van der Waals surface area contributed by atoms with E-state index in [-0.39, 0.29) is 29.8 Å². The Kier molecular flexibility index (Phi) is 6.34. The quantitative estimate of drug-likeness (QED) is 0.649. The number of sulfone groups is 1. The van der Waals surface area contributed by atoms with Crippen molar-refractivity contribution in [1.82, 2.24) is 10.3 Å². The van der Waals surface area contributed by atoms with Crippen molar-refractivity contribution in [2.45, 2.75) is 56.7 Å². The topological polar surface area (TPSA) is 103 Å². The molecule has 1 aromatic heterocycles. The Morgan fingerprint density at radius 3 is 2.54 bits per heavy atom. The SMILES string of the molecule is Cc1nc([C@@H]2CC[C@H](F)C[C@H]2C(=O)NC2(C#N)CC2)c(-c2ccc(N3CCS(=O)(=O)CC3)cc2)s1. The van der Waals surface area contributed by atoms with Gasteiger partial charge >= 0.3 is 0 Å². The fourth-order valence-corrected chi connectivity index (χ4v) is 7.35. The van der Waals surface area contributed by atoms with Crippen LogP contribution in [0, 0.1) is 24.2 Å². The minimum absolute atomic E-state index is 0.144. The lowest BCUT2D eigenvalue weighted by Gasteiger charge is -2.32. The second-order valence-corrected chi connectivity index (χ2v) is 13.4. The number of nitrogens with zero attached hydrogens (tertiary/aromatic N) is 3. The molecule has 2 aromatic rings. The molecule has 3 aliphatic rings. The van der Waals surface area contributed by atoms with E-state index >= 15 is 0 Å². The maximum atomic E-state index is 14.4. The van der Waals surface area contributed by atoms with Crippen molar-refractivity contribution in [3.05, 3.63) is 35.0 Å². The summed E-state index contributed by atoms with van der Waals surface area (Å²) in [5.41, 5.74) is 2.01. The third kappa shape index (κ3) is 5.07. The Bertz CT molecular complexity index is 1250. The number of hydrogen-bond donors (Lipinski definition) is 1. The van der Waals surface area contributed by atoms with Crippen LogP contribution < -0.4 is 10.2 Å². The van der Waals surface area contributed by atoms with Crippen LogP contribution in [-0.2, 0) is 14.6 Å². The molecule has 1 saturated heterocycles. The molecule has 5 rings (SSSR count). The van der Waals surface area contributed by atoms with Gasteiger partial charge in [0.05, 0.1) is 33.2 Å². The molecule has 3 fully saturated rings. The molecule has 0 spiro atoms. The van der Waals surface area contributed by atoms with Crippen LogP contribution in [0.2, 0.25) is 0 Å². The molecule has 1 N–H and O–H groups in total. The largest absolute Gasteiger partial charge is 0.369 e. The van der Waals surface area contributed by atoms with E-state index < -0.39 is 27.5 Å². The normalized spacial score (nSPS) is 27.1. The van der Waals surface area contributed by atoms with Crippen LogP contribution in [-0.4, -0.2) is 55.6 Å². The summed E-state index contributed by atoms with van der Waals surface area (Å²) in [5.74, 6) is -0.673. The summed E-state index contributed by atoms with van der Waals surface area (Å²) >= 11 is 1.57. The van der Waals surface area contributed by atoms with Crippen molar-refractivity contribution in [3.63, 3.8) is 0 Å². The number of benzene rings is 1. The molecular weight excluding hydrogens is 487 g/mol. The van der Waals surface area contributed by atoms with Crippen LogP contribution >= 0.6 is 11.3 Å². The first-order valence-corrected chi connectivity index (χ1v) is 14.7. The van der Waals surface area contributed by atoms with Crippen molar-refractivity contribution >= 4 is 32.8 Å². The van der Waals surface area contributed by atoms with Gasteiger partial charge in [0.15, 0.2) is 9.84 Å². The molecule has 1 aliphatic heterocycles. The number of aromatic nitrogens is 1. The lowest BCUT2D eigenvalue weighted by Crippen LogP contribution is -2.44. The van der Waals surface area contributed by atoms with Gasteiger partial charge in [-0.15, -0.1) is 11.3 Å². The van der Waals surface area contributed by atoms with Crippen molar-refractivity contribution in [1.29, 1.82) is 5.26 Å². The second kappa shape index (κ2) is 9.17. The van der Waals surface area contributed by atoms with E-state index in [4.69, 9.17) is 4.98 Å². The molecule has 10 heteroatoms. The highest BCUT2D eigenvalue weighted by molar-refractivity contribution is 7.91. The highest BCUT2D eigenvalue weighted by atomic mass is 32.2. The first-order chi connectivity index (χ1) is 16.7. The maximum absolute atomic E-state index is 14.4. The lowest BCUT2D eigenvalue weighted by molar-refractivity contribution is -0.128. The molecular formula is C25H29FN4O3S2. The second-order valence-electron chi connectivity index (χ2n) is 9.94. The van der Waals surface area contributed by atoms with Crippen LogP contribution in [0.15, 0.2) is 24.3 Å².